The van der Waals surface area contributed by atoms with E-state index in [2.05, 4.69) is 9.97 Å². The van der Waals surface area contributed by atoms with Crippen molar-refractivity contribution in [3.05, 3.63) is 53.6 Å². The molecule has 26 heavy (non-hydrogen) atoms. The first-order valence-corrected chi connectivity index (χ1v) is 9.57. The Morgan fingerprint density at radius 2 is 2.08 bits per heavy atom. The molecule has 0 atom stereocenters. The first kappa shape index (κ1) is 20.2. The Morgan fingerprint density at radius 3 is 2.73 bits per heavy atom. The molecule has 0 spiro atoms. The number of hydrogen-bond acceptors (Lipinski definition) is 5. The van der Waals surface area contributed by atoms with Crippen LogP contribution in [0.25, 0.3) is 0 Å². The van der Waals surface area contributed by atoms with Gasteiger partial charge in [0, 0.05) is 12.7 Å². The number of hydrogen-bond donors (Lipinski definition) is 0. The van der Waals surface area contributed by atoms with Crippen molar-refractivity contribution in [1.82, 2.24) is 14.9 Å². The van der Waals surface area contributed by atoms with Crippen molar-refractivity contribution >= 4 is 17.9 Å². The van der Waals surface area contributed by atoms with E-state index in [1.807, 2.05) is 33.1 Å². The van der Waals surface area contributed by atoms with Crippen molar-refractivity contribution < 1.29 is 13.9 Å². The van der Waals surface area contributed by atoms with Crippen molar-refractivity contribution in [2.45, 2.75) is 44.5 Å². The van der Waals surface area contributed by atoms with Crippen LogP contribution in [0.4, 0.5) is 9.18 Å². The van der Waals surface area contributed by atoms with Crippen molar-refractivity contribution in [1.29, 1.82) is 0 Å². The molecular weight excluding hydrogens is 353 g/mol. The third kappa shape index (κ3) is 6.63. The molecule has 1 aromatic carbocycles. The Bertz CT molecular complexity index is 750. The van der Waals surface area contributed by atoms with Crippen LogP contribution in [0.1, 0.15) is 32.0 Å². The van der Waals surface area contributed by atoms with E-state index in [9.17, 15) is 9.18 Å². The van der Waals surface area contributed by atoms with Gasteiger partial charge in [0.2, 0.25) is 0 Å². The maximum Gasteiger partial charge on any atom is 0.410 e. The van der Waals surface area contributed by atoms with Crippen molar-refractivity contribution in [3.8, 4) is 0 Å². The fourth-order valence-corrected chi connectivity index (χ4v) is 2.65. The van der Waals surface area contributed by atoms with Gasteiger partial charge >= 0.3 is 6.09 Å². The van der Waals surface area contributed by atoms with E-state index in [0.717, 1.165) is 11.3 Å². The minimum Gasteiger partial charge on any atom is -0.444 e. The molecule has 0 saturated heterocycles. The number of carbonyl (C=O) groups is 1. The number of amides is 1. The Morgan fingerprint density at radius 1 is 1.31 bits per heavy atom. The van der Waals surface area contributed by atoms with Crippen molar-refractivity contribution in [3.63, 3.8) is 0 Å². The first-order valence-electron chi connectivity index (χ1n) is 8.35. The summed E-state index contributed by atoms with van der Waals surface area (Å²) < 4.78 is 18.9. The summed E-state index contributed by atoms with van der Waals surface area (Å²) in [6.45, 7) is 6.18. The Kier molecular flexibility index (Phi) is 6.97. The van der Waals surface area contributed by atoms with E-state index in [1.54, 1.807) is 23.2 Å². The van der Waals surface area contributed by atoms with Gasteiger partial charge in [-0.25, -0.2) is 19.2 Å². The molecule has 0 bridgehead atoms. The van der Waals surface area contributed by atoms with E-state index in [0.29, 0.717) is 24.7 Å². The van der Waals surface area contributed by atoms with Crippen molar-refractivity contribution in [2.24, 2.45) is 0 Å². The molecule has 7 heteroatoms. The topological polar surface area (TPSA) is 55.3 Å². The molecule has 2 aromatic rings. The average molecular weight is 377 g/mol. The van der Waals surface area contributed by atoms with Gasteiger partial charge in [-0.1, -0.05) is 23.9 Å². The zero-order valence-corrected chi connectivity index (χ0v) is 16.3. The monoisotopic (exact) mass is 377 g/mol. The van der Waals surface area contributed by atoms with Crippen molar-refractivity contribution in [2.75, 3.05) is 12.8 Å². The van der Waals surface area contributed by atoms with Crippen LogP contribution in [0, 0.1) is 5.82 Å². The molecule has 0 unspecified atom stereocenters. The molecule has 0 aliphatic rings. The van der Waals surface area contributed by atoms with Crippen LogP contribution < -0.4 is 0 Å². The molecule has 0 fully saturated rings. The Labute approximate surface area is 158 Å². The second-order valence-corrected chi connectivity index (χ2v) is 7.59. The molecule has 0 saturated carbocycles. The standard InChI is InChI=1S/C19H24FN3O2S/c1-19(2,3)25-18(24)23(11-9-14-6-5-7-15(20)12-14)13-16-8-10-21-17(22-16)26-4/h5-8,10,12H,9,11,13H2,1-4H3. The Balaban J connectivity index is 2.13. The molecule has 0 aliphatic carbocycles. The van der Waals surface area contributed by atoms with Crippen LogP contribution in [-0.2, 0) is 17.7 Å². The van der Waals surface area contributed by atoms with Gasteiger partial charge in [0.1, 0.15) is 11.4 Å². The van der Waals surface area contributed by atoms with Crippen LogP contribution in [0.15, 0.2) is 41.7 Å². The lowest BCUT2D eigenvalue weighted by Crippen LogP contribution is -2.37. The Hall–Kier alpha value is -2.15. The number of carbonyl (C=O) groups excluding carboxylic acids is 1. The summed E-state index contributed by atoms with van der Waals surface area (Å²) in [6, 6.07) is 8.16. The lowest BCUT2D eigenvalue weighted by Gasteiger charge is -2.27. The fourth-order valence-electron chi connectivity index (χ4n) is 2.28. The number of aromatic nitrogens is 2. The highest BCUT2D eigenvalue weighted by Gasteiger charge is 2.22. The van der Waals surface area contributed by atoms with Crippen LogP contribution in [0.5, 0.6) is 0 Å². The third-order valence-electron chi connectivity index (χ3n) is 3.44. The van der Waals surface area contributed by atoms with Crippen LogP contribution in [-0.4, -0.2) is 39.4 Å². The molecule has 140 valence electrons. The van der Waals surface area contributed by atoms with Gasteiger partial charge in [-0.3, -0.25) is 0 Å². The lowest BCUT2D eigenvalue weighted by molar-refractivity contribution is 0.0233. The van der Waals surface area contributed by atoms with Gasteiger partial charge < -0.3 is 9.64 Å². The fraction of sp³-hybridized carbons (Fsp3) is 0.421. The van der Waals surface area contributed by atoms with Gasteiger partial charge in [-0.2, -0.15) is 0 Å². The normalized spacial score (nSPS) is 11.3. The van der Waals surface area contributed by atoms with E-state index in [1.165, 1.54) is 23.9 Å². The summed E-state index contributed by atoms with van der Waals surface area (Å²) in [7, 11) is 0. The number of rotatable bonds is 6. The van der Waals surface area contributed by atoms with Crippen LogP contribution in [0.2, 0.25) is 0 Å². The number of halogens is 1. The number of ether oxygens (including phenoxy) is 1. The molecule has 5 nitrogen and oxygen atoms in total. The second-order valence-electron chi connectivity index (χ2n) is 6.82. The molecule has 1 amide bonds. The molecule has 1 heterocycles. The lowest BCUT2D eigenvalue weighted by atomic mass is 10.1. The number of thioether (sulfide) groups is 1. The third-order valence-corrected chi connectivity index (χ3v) is 4.00. The highest BCUT2D eigenvalue weighted by Crippen LogP contribution is 2.15. The van der Waals surface area contributed by atoms with E-state index in [4.69, 9.17) is 4.74 Å². The molecule has 2 rings (SSSR count). The highest BCUT2D eigenvalue weighted by atomic mass is 32.2. The highest BCUT2D eigenvalue weighted by molar-refractivity contribution is 7.98. The second kappa shape index (κ2) is 8.98. The summed E-state index contributed by atoms with van der Waals surface area (Å²) >= 11 is 1.44. The van der Waals surface area contributed by atoms with Gasteiger partial charge in [0.15, 0.2) is 5.16 Å². The maximum atomic E-state index is 13.4. The summed E-state index contributed by atoms with van der Waals surface area (Å²) in [5, 5.41) is 0.650. The zero-order valence-electron chi connectivity index (χ0n) is 15.5. The van der Waals surface area contributed by atoms with Gasteiger partial charge in [-0.05, 0) is 57.2 Å². The molecule has 0 radical (unpaired) electrons. The van der Waals surface area contributed by atoms with Gasteiger partial charge in [0.05, 0.1) is 12.2 Å². The van der Waals surface area contributed by atoms with Gasteiger partial charge in [0.25, 0.3) is 0 Å². The summed E-state index contributed by atoms with van der Waals surface area (Å²) in [5.41, 5.74) is 0.963. The quantitative estimate of drug-likeness (QED) is 0.554. The van der Waals surface area contributed by atoms with Gasteiger partial charge in [-0.15, -0.1) is 0 Å². The largest absolute Gasteiger partial charge is 0.444 e. The molecule has 1 aromatic heterocycles. The minimum atomic E-state index is -0.593. The first-order chi connectivity index (χ1) is 12.3. The summed E-state index contributed by atoms with van der Waals surface area (Å²) in [5.74, 6) is -0.285. The zero-order chi connectivity index (χ0) is 19.2. The van der Waals surface area contributed by atoms with E-state index < -0.39 is 11.7 Å². The predicted octanol–water partition coefficient (Wildman–Crippen LogP) is 4.32. The van der Waals surface area contributed by atoms with E-state index >= 15 is 0 Å². The van der Waals surface area contributed by atoms with Crippen LogP contribution >= 0.6 is 11.8 Å². The summed E-state index contributed by atoms with van der Waals surface area (Å²) in [6.07, 6.45) is 3.68. The summed E-state index contributed by atoms with van der Waals surface area (Å²) in [4.78, 5) is 22.7. The predicted molar refractivity (Wildman–Crippen MR) is 101 cm³/mol. The maximum absolute atomic E-state index is 13.4. The van der Waals surface area contributed by atoms with Crippen LogP contribution in [0.3, 0.4) is 0 Å². The molecular formula is C19H24FN3O2S. The average Bonchev–Trinajstić information content (AvgIpc) is 2.57. The molecule has 0 N–H and O–H groups in total. The number of nitrogens with zero attached hydrogens (tertiary/aromatic N) is 3. The minimum absolute atomic E-state index is 0.285. The number of benzene rings is 1. The molecule has 0 aliphatic heterocycles. The SMILES string of the molecule is CSc1nccc(CN(CCc2cccc(F)c2)C(=O)OC(C)(C)C)n1. The smallest absolute Gasteiger partial charge is 0.410 e. The van der Waals surface area contributed by atoms with E-state index in [-0.39, 0.29) is 5.82 Å².